The van der Waals surface area contributed by atoms with Crippen molar-refractivity contribution in [3.63, 3.8) is 0 Å². The molecule has 2 aromatic rings. The van der Waals surface area contributed by atoms with E-state index in [-0.39, 0.29) is 6.04 Å². The van der Waals surface area contributed by atoms with E-state index in [1.54, 1.807) is 12.1 Å². The number of rotatable bonds is 3. The van der Waals surface area contributed by atoms with Crippen LogP contribution in [-0.4, -0.2) is 44.9 Å². The van der Waals surface area contributed by atoms with Gasteiger partial charge in [-0.15, -0.1) is 0 Å². The van der Waals surface area contributed by atoms with Crippen LogP contribution in [0.25, 0.3) is 10.8 Å². The average molecular weight is 330 g/mol. The van der Waals surface area contributed by atoms with Crippen LogP contribution in [0, 0.1) is 11.3 Å². The van der Waals surface area contributed by atoms with Gasteiger partial charge in [-0.2, -0.15) is 9.57 Å². The molecule has 1 aliphatic rings. The van der Waals surface area contributed by atoms with Crippen molar-refractivity contribution >= 4 is 20.8 Å². The maximum atomic E-state index is 12.8. The number of hydrogen-bond acceptors (Lipinski definition) is 3. The van der Waals surface area contributed by atoms with E-state index in [4.69, 9.17) is 5.26 Å². The maximum Gasteiger partial charge on any atom is 0.243 e. The molecular weight excluding hydrogens is 310 g/mol. The largest absolute Gasteiger partial charge is 0.319 e. The smallest absolute Gasteiger partial charge is 0.243 e. The summed E-state index contributed by atoms with van der Waals surface area (Å²) in [5.41, 5.74) is 0. The predicted octanol–water partition coefficient (Wildman–Crippen LogP) is 0.641. The summed E-state index contributed by atoms with van der Waals surface area (Å²) in [7, 11) is -3.47. The first kappa shape index (κ1) is 15.9. The van der Waals surface area contributed by atoms with E-state index < -0.39 is 10.0 Å². The van der Waals surface area contributed by atoms with Crippen molar-refractivity contribution in [2.45, 2.75) is 17.9 Å². The summed E-state index contributed by atoms with van der Waals surface area (Å²) in [5.74, 6) is 0. The van der Waals surface area contributed by atoms with Crippen molar-refractivity contribution in [1.82, 2.24) is 4.31 Å². The molecule has 1 fully saturated rings. The molecule has 1 heterocycles. The number of benzene rings is 2. The Hall–Kier alpha value is -1.94. The normalized spacial score (nSPS) is 18.6. The second-order valence-electron chi connectivity index (χ2n) is 5.92. The highest BCUT2D eigenvalue weighted by atomic mass is 32.2. The molecule has 0 spiro atoms. The zero-order valence-corrected chi connectivity index (χ0v) is 13.9. The van der Waals surface area contributed by atoms with Crippen LogP contribution in [0.2, 0.25) is 0 Å². The van der Waals surface area contributed by atoms with E-state index in [0.29, 0.717) is 31.1 Å². The van der Waals surface area contributed by atoms with Crippen molar-refractivity contribution in [2.75, 3.05) is 26.2 Å². The number of hydrogen-bond donors (Lipinski definition) is 1. The first-order chi connectivity index (χ1) is 11.0. The highest BCUT2D eigenvalue weighted by Gasteiger charge is 2.32. The van der Waals surface area contributed by atoms with Crippen LogP contribution in [0.15, 0.2) is 47.4 Å². The monoisotopic (exact) mass is 330 g/mol. The summed E-state index contributed by atoms with van der Waals surface area (Å²) in [6.45, 7) is 4.12. The summed E-state index contributed by atoms with van der Waals surface area (Å²) in [5, 5.41) is 10.9. The Morgan fingerprint density at radius 2 is 1.78 bits per heavy atom. The quantitative estimate of drug-likeness (QED) is 0.898. The van der Waals surface area contributed by atoms with Gasteiger partial charge < -0.3 is 4.90 Å². The van der Waals surface area contributed by atoms with Crippen molar-refractivity contribution < 1.29 is 13.3 Å². The van der Waals surface area contributed by atoms with Gasteiger partial charge in [0.1, 0.15) is 6.07 Å². The van der Waals surface area contributed by atoms with E-state index in [1.807, 2.05) is 37.3 Å². The Balaban J connectivity index is 1.82. The third-order valence-electron chi connectivity index (χ3n) is 4.53. The molecule has 0 radical (unpaired) electrons. The van der Waals surface area contributed by atoms with Crippen molar-refractivity contribution in [3.8, 4) is 6.07 Å². The van der Waals surface area contributed by atoms with Gasteiger partial charge in [0.15, 0.2) is 6.04 Å². The molecule has 0 saturated carbocycles. The molecule has 1 aliphatic heterocycles. The lowest BCUT2D eigenvalue weighted by molar-refractivity contribution is -0.918. The Labute approximate surface area is 136 Å². The number of fused-ring (bicyclic) bond motifs is 1. The van der Waals surface area contributed by atoms with E-state index in [0.717, 1.165) is 15.7 Å². The number of sulfonamides is 1. The zero-order valence-electron chi connectivity index (χ0n) is 13.1. The van der Waals surface area contributed by atoms with Crippen LogP contribution in [0.1, 0.15) is 6.92 Å². The number of nitriles is 1. The fraction of sp³-hybridized carbons (Fsp3) is 0.353. The fourth-order valence-electron chi connectivity index (χ4n) is 3.02. The van der Waals surface area contributed by atoms with Crippen molar-refractivity contribution in [2.24, 2.45) is 0 Å². The number of nitrogens with one attached hydrogen (secondary N) is 1. The van der Waals surface area contributed by atoms with Gasteiger partial charge in [0.2, 0.25) is 10.0 Å². The molecule has 0 aliphatic carbocycles. The molecule has 23 heavy (non-hydrogen) atoms. The SMILES string of the molecule is C[C@@H](C#N)[NH+]1CCN(S(=O)(=O)c2ccc3ccccc3c2)CC1. The minimum Gasteiger partial charge on any atom is -0.319 e. The van der Waals surface area contributed by atoms with Gasteiger partial charge in [0.05, 0.1) is 31.1 Å². The average Bonchev–Trinajstić information content (AvgIpc) is 2.60. The second kappa shape index (κ2) is 6.28. The van der Waals surface area contributed by atoms with E-state index in [9.17, 15) is 8.42 Å². The van der Waals surface area contributed by atoms with Crippen molar-refractivity contribution in [3.05, 3.63) is 42.5 Å². The van der Waals surface area contributed by atoms with Crippen LogP contribution in [-0.2, 0) is 10.0 Å². The van der Waals surface area contributed by atoms with Gasteiger partial charge in [-0.25, -0.2) is 8.42 Å². The molecular formula is C17H20N3O2S+. The summed E-state index contributed by atoms with van der Waals surface area (Å²) in [6.07, 6.45) is 0. The lowest BCUT2D eigenvalue weighted by Gasteiger charge is -2.32. The molecule has 2 aromatic carbocycles. The van der Waals surface area contributed by atoms with Crippen molar-refractivity contribution in [1.29, 1.82) is 5.26 Å². The molecule has 1 atom stereocenters. The molecule has 1 saturated heterocycles. The maximum absolute atomic E-state index is 12.8. The van der Waals surface area contributed by atoms with Crippen LogP contribution < -0.4 is 4.90 Å². The number of nitrogens with zero attached hydrogens (tertiary/aromatic N) is 2. The van der Waals surface area contributed by atoms with E-state index >= 15 is 0 Å². The Bertz CT molecular complexity index is 850. The first-order valence-electron chi connectivity index (χ1n) is 7.75. The molecule has 6 heteroatoms. The topological polar surface area (TPSA) is 65.6 Å². The molecule has 0 unspecified atom stereocenters. The predicted molar refractivity (Wildman–Crippen MR) is 88.5 cm³/mol. The molecule has 0 amide bonds. The Morgan fingerprint density at radius 1 is 1.13 bits per heavy atom. The van der Waals surface area contributed by atoms with E-state index in [1.165, 1.54) is 4.31 Å². The zero-order chi connectivity index (χ0) is 16.4. The number of quaternary nitrogens is 1. The minimum atomic E-state index is -3.47. The van der Waals surface area contributed by atoms with Gasteiger partial charge in [0.25, 0.3) is 0 Å². The second-order valence-corrected chi connectivity index (χ2v) is 7.86. The van der Waals surface area contributed by atoms with E-state index in [2.05, 4.69) is 6.07 Å². The van der Waals surface area contributed by atoms with Crippen LogP contribution in [0.5, 0.6) is 0 Å². The van der Waals surface area contributed by atoms with Gasteiger partial charge in [-0.1, -0.05) is 30.3 Å². The van der Waals surface area contributed by atoms with Gasteiger partial charge >= 0.3 is 0 Å². The van der Waals surface area contributed by atoms with Gasteiger partial charge in [-0.3, -0.25) is 0 Å². The highest BCUT2D eigenvalue weighted by molar-refractivity contribution is 7.89. The molecule has 3 rings (SSSR count). The molecule has 5 nitrogen and oxygen atoms in total. The highest BCUT2D eigenvalue weighted by Crippen LogP contribution is 2.21. The minimum absolute atomic E-state index is 0.0967. The van der Waals surface area contributed by atoms with Crippen LogP contribution in [0.4, 0.5) is 0 Å². The third-order valence-corrected chi connectivity index (χ3v) is 6.42. The summed E-state index contributed by atoms with van der Waals surface area (Å²) in [4.78, 5) is 1.49. The summed E-state index contributed by atoms with van der Waals surface area (Å²) >= 11 is 0. The number of piperazine rings is 1. The van der Waals surface area contributed by atoms with Gasteiger partial charge in [0, 0.05) is 6.92 Å². The van der Waals surface area contributed by atoms with Crippen LogP contribution >= 0.6 is 0 Å². The Morgan fingerprint density at radius 3 is 2.43 bits per heavy atom. The fourth-order valence-corrected chi connectivity index (χ4v) is 4.49. The summed E-state index contributed by atoms with van der Waals surface area (Å²) in [6, 6.07) is 15.1. The Kier molecular flexibility index (Phi) is 4.35. The van der Waals surface area contributed by atoms with Gasteiger partial charge in [-0.05, 0) is 22.9 Å². The molecule has 120 valence electrons. The first-order valence-corrected chi connectivity index (χ1v) is 9.19. The lowest BCUT2D eigenvalue weighted by atomic mass is 10.1. The third kappa shape index (κ3) is 3.08. The van der Waals surface area contributed by atoms with Crippen LogP contribution in [0.3, 0.4) is 0 Å². The molecule has 0 bridgehead atoms. The molecule has 1 N–H and O–H groups in total. The molecule has 0 aromatic heterocycles. The summed E-state index contributed by atoms with van der Waals surface area (Å²) < 4.78 is 27.2. The lowest BCUT2D eigenvalue weighted by Crippen LogP contribution is -3.17. The standard InChI is InChI=1S/C17H19N3O2S/c1-14(13-18)19-8-10-20(11-9-19)23(21,22)17-7-6-15-4-2-3-5-16(15)12-17/h2-7,12,14H,8-11H2,1H3/p+1/t14-/m0/s1.